The Morgan fingerprint density at radius 1 is 0.531 bits per heavy atom. The molecule has 432 valence electrons. The fourth-order valence-corrected chi connectivity index (χ4v) is 14.4. The molecule has 1 amide bonds. The van der Waals surface area contributed by atoms with E-state index in [1.807, 2.05) is 0 Å². The molecule has 81 heavy (non-hydrogen) atoms. The topological polar surface area (TPSA) is 127 Å². The third-order valence-corrected chi connectivity index (χ3v) is 18.0. The molecule has 4 fully saturated rings. The van der Waals surface area contributed by atoms with Gasteiger partial charge < -0.3 is 38.2 Å². The standard InChI is InChI=1S/C33H43N3O2.C33H45N3O.2CO2/c1-3-17-35(23-30(37)34-18-8-5-9-19-34)28-14-10-13-27-32-31(25-11-6-4-7-12-25)26-16-15-24(2)22-29(26)36(32)20-21-38-33(27)28;1-3-17-35(21-20-34-18-8-5-9-19-34)29-14-10-13-28-32-31(26-11-6-4-7-12-26)27-16-15-25(2)24-30(27)36(32)22-23-37-33(28)29;2*2-1-3/h10,13-16,22,25H,3-9,11-12,17-21,23H2,1-2H3;10,13-16,24,26H,3-9,11-12,17-23H2,1-2H3;;. The minimum absolute atomic E-state index is 0.247. The van der Waals surface area contributed by atoms with Crippen LogP contribution in [0.5, 0.6) is 11.5 Å². The first-order chi connectivity index (χ1) is 39.7. The van der Waals surface area contributed by atoms with Crippen molar-refractivity contribution in [3.63, 3.8) is 0 Å². The maximum absolute atomic E-state index is 13.3. The molecular weight excluding hydrogens is 1010 g/mol. The SMILES string of the molecule is CCCN(CC(=O)N1CCCCC1)c1cccc2c1OCCn1c-2c(C2CCCCC2)c2ccc(C)cc21.CCCN(CCN1CCCCC1)c1cccc2c1OCCn1c-2c(C2CCCCC2)c2ccc(C)cc21.O=C=O.O=C=O. The van der Waals surface area contributed by atoms with E-state index >= 15 is 0 Å². The van der Waals surface area contributed by atoms with Gasteiger partial charge in [0, 0.05) is 72.2 Å². The lowest BCUT2D eigenvalue weighted by Gasteiger charge is -2.32. The number of amides is 1. The molecule has 4 aromatic carbocycles. The number of fused-ring (bicyclic) bond motifs is 10. The summed E-state index contributed by atoms with van der Waals surface area (Å²) in [4.78, 5) is 55.5. The number of hydrogen-bond acceptors (Lipinski definition) is 10. The van der Waals surface area contributed by atoms with Gasteiger partial charge in [-0.15, -0.1) is 0 Å². The zero-order valence-electron chi connectivity index (χ0n) is 49.0. The van der Waals surface area contributed by atoms with E-state index in [2.05, 4.69) is 129 Å². The van der Waals surface area contributed by atoms with Gasteiger partial charge in [-0.1, -0.05) is 95.2 Å². The van der Waals surface area contributed by atoms with E-state index in [9.17, 15) is 4.79 Å². The summed E-state index contributed by atoms with van der Waals surface area (Å²) < 4.78 is 18.4. The Morgan fingerprint density at radius 3 is 1.43 bits per heavy atom. The van der Waals surface area contributed by atoms with Gasteiger partial charge in [-0.3, -0.25) is 4.79 Å². The fraction of sp³-hybridized carbons (Fsp3) is 0.544. The van der Waals surface area contributed by atoms with E-state index < -0.39 is 0 Å². The highest BCUT2D eigenvalue weighted by atomic mass is 16.5. The van der Waals surface area contributed by atoms with Crippen LogP contribution in [-0.4, -0.2) is 109 Å². The highest BCUT2D eigenvalue weighted by Crippen LogP contribution is 2.51. The van der Waals surface area contributed by atoms with Crippen LogP contribution >= 0.6 is 0 Å². The molecule has 13 nitrogen and oxygen atoms in total. The second-order valence-corrected chi connectivity index (χ2v) is 23.5. The number of aromatic nitrogens is 2. The van der Waals surface area contributed by atoms with E-state index in [0.29, 0.717) is 25.0 Å². The van der Waals surface area contributed by atoms with Gasteiger partial charge in [-0.25, -0.2) is 0 Å². The molecule has 0 atom stereocenters. The molecule has 0 N–H and O–H groups in total. The smallest absolute Gasteiger partial charge is 0.373 e. The zero-order chi connectivity index (χ0) is 56.7. The molecule has 4 aliphatic heterocycles. The average Bonchev–Trinajstić information content (AvgIpc) is 3.22. The average molecular weight is 1100 g/mol. The number of carbonyl (C=O) groups is 1. The summed E-state index contributed by atoms with van der Waals surface area (Å²) in [5.41, 5.74) is 16.2. The summed E-state index contributed by atoms with van der Waals surface area (Å²) in [5, 5.41) is 2.89. The molecule has 0 bridgehead atoms. The third kappa shape index (κ3) is 13.5. The molecule has 2 saturated heterocycles. The second-order valence-electron chi connectivity index (χ2n) is 23.5. The highest BCUT2D eigenvalue weighted by Gasteiger charge is 2.34. The quantitative estimate of drug-likeness (QED) is 0.110. The number of benzene rings is 4. The van der Waals surface area contributed by atoms with Gasteiger partial charge in [0.2, 0.25) is 5.91 Å². The molecule has 0 unspecified atom stereocenters. The van der Waals surface area contributed by atoms with E-state index in [1.165, 1.54) is 170 Å². The summed E-state index contributed by atoms with van der Waals surface area (Å²) >= 11 is 0. The number of nitrogens with zero attached hydrogens (tertiary/aromatic N) is 6. The molecule has 0 spiro atoms. The summed E-state index contributed by atoms with van der Waals surface area (Å²) in [6, 6.07) is 27.6. The Hall–Kier alpha value is -6.65. The number of likely N-dealkylation sites (tertiary alicyclic amines) is 2. The van der Waals surface area contributed by atoms with Crippen molar-refractivity contribution in [3.8, 4) is 34.0 Å². The van der Waals surface area contributed by atoms with Crippen molar-refractivity contribution in [2.75, 3.05) is 81.9 Å². The number of ether oxygens (including phenoxy) is 2. The van der Waals surface area contributed by atoms with Crippen LogP contribution in [0.25, 0.3) is 44.3 Å². The van der Waals surface area contributed by atoms with Crippen molar-refractivity contribution < 1.29 is 33.4 Å². The Morgan fingerprint density at radius 2 is 0.963 bits per heavy atom. The fourth-order valence-electron chi connectivity index (χ4n) is 14.4. The molecule has 13 heteroatoms. The van der Waals surface area contributed by atoms with Crippen LogP contribution in [-0.2, 0) is 37.1 Å². The summed E-state index contributed by atoms with van der Waals surface area (Å²) in [7, 11) is 0. The summed E-state index contributed by atoms with van der Waals surface area (Å²) in [6.07, 6.45) is 23.5. The van der Waals surface area contributed by atoms with Crippen molar-refractivity contribution in [1.82, 2.24) is 18.9 Å². The first-order valence-electron chi connectivity index (χ1n) is 31.0. The number of anilines is 2. The molecule has 6 aliphatic rings. The van der Waals surface area contributed by atoms with Crippen LogP contribution in [0.2, 0.25) is 0 Å². The van der Waals surface area contributed by atoms with Crippen molar-refractivity contribution in [3.05, 3.63) is 95.1 Å². The molecule has 6 aromatic rings. The van der Waals surface area contributed by atoms with E-state index in [1.54, 1.807) is 5.56 Å². The first kappa shape index (κ1) is 59.0. The van der Waals surface area contributed by atoms with Gasteiger partial charge in [0.25, 0.3) is 0 Å². The number of aryl methyl sites for hydroxylation is 2. The minimum atomic E-state index is 0.247. The number of rotatable bonds is 13. The summed E-state index contributed by atoms with van der Waals surface area (Å²) in [5.74, 6) is 3.56. The predicted molar refractivity (Wildman–Crippen MR) is 323 cm³/mol. The maximum Gasteiger partial charge on any atom is 0.373 e. The van der Waals surface area contributed by atoms with Crippen LogP contribution in [0.3, 0.4) is 0 Å². The van der Waals surface area contributed by atoms with Gasteiger partial charge >= 0.3 is 12.3 Å². The maximum atomic E-state index is 13.3. The first-order valence-corrected chi connectivity index (χ1v) is 31.0. The largest absolute Gasteiger partial charge is 0.489 e. The molecule has 6 heterocycles. The van der Waals surface area contributed by atoms with Crippen LogP contribution in [0.15, 0.2) is 72.8 Å². The lowest BCUT2D eigenvalue weighted by molar-refractivity contribution is -0.193. The van der Waals surface area contributed by atoms with Gasteiger partial charge in [0.05, 0.1) is 42.4 Å². The Balaban J connectivity index is 0.000000179. The number of carbonyl (C=O) groups excluding carboxylic acids is 5. The lowest BCUT2D eigenvalue weighted by Crippen LogP contribution is -2.43. The molecule has 2 aliphatic carbocycles. The molecule has 2 aromatic heterocycles. The Labute approximate surface area is 480 Å². The van der Waals surface area contributed by atoms with Crippen molar-refractivity contribution in [1.29, 1.82) is 0 Å². The predicted octanol–water partition coefficient (Wildman–Crippen LogP) is 13.9. The second kappa shape index (κ2) is 28.9. The van der Waals surface area contributed by atoms with E-state index in [-0.39, 0.29) is 18.2 Å². The van der Waals surface area contributed by atoms with Crippen LogP contribution in [0, 0.1) is 13.8 Å². The molecular formula is C68H88N6O7. The molecule has 12 rings (SSSR count). The normalized spacial score (nSPS) is 17.2. The summed E-state index contributed by atoms with van der Waals surface area (Å²) in [6.45, 7) is 20.9. The van der Waals surface area contributed by atoms with E-state index in [0.717, 1.165) is 102 Å². The minimum Gasteiger partial charge on any atom is -0.489 e. The monoisotopic (exact) mass is 1100 g/mol. The Kier molecular flexibility index (Phi) is 21.0. The number of hydrogen-bond donors (Lipinski definition) is 0. The van der Waals surface area contributed by atoms with Gasteiger partial charge in [-0.05, 0) is 168 Å². The van der Waals surface area contributed by atoms with Crippen LogP contribution in [0.4, 0.5) is 11.4 Å². The third-order valence-electron chi connectivity index (χ3n) is 18.0. The highest BCUT2D eigenvalue weighted by molar-refractivity contribution is 5.97. The zero-order valence-corrected chi connectivity index (χ0v) is 49.0. The number of para-hydroxylation sites is 2. The van der Waals surface area contributed by atoms with E-state index in [4.69, 9.17) is 28.7 Å². The van der Waals surface area contributed by atoms with Crippen LogP contribution in [0.1, 0.15) is 164 Å². The van der Waals surface area contributed by atoms with Crippen molar-refractivity contribution in [2.24, 2.45) is 0 Å². The molecule has 0 radical (unpaired) electrons. The van der Waals surface area contributed by atoms with Gasteiger partial charge in [0.15, 0.2) is 11.5 Å². The van der Waals surface area contributed by atoms with Crippen LogP contribution < -0.4 is 19.3 Å². The van der Waals surface area contributed by atoms with Gasteiger partial charge in [0.1, 0.15) is 13.2 Å². The Bertz CT molecular complexity index is 3110. The molecule has 2 saturated carbocycles. The van der Waals surface area contributed by atoms with Gasteiger partial charge in [-0.2, -0.15) is 19.2 Å². The van der Waals surface area contributed by atoms with Crippen molar-refractivity contribution >= 4 is 51.4 Å². The number of piperidine rings is 2. The van der Waals surface area contributed by atoms with Crippen molar-refractivity contribution in [2.45, 2.75) is 168 Å². The lowest BCUT2D eigenvalue weighted by atomic mass is 9.81.